The van der Waals surface area contributed by atoms with Crippen molar-refractivity contribution in [1.82, 2.24) is 9.78 Å². The maximum Gasteiger partial charge on any atom is 0.135 e. The number of rotatable bonds is 1. The van der Waals surface area contributed by atoms with Crippen molar-refractivity contribution in [3.05, 3.63) is 53.6 Å². The van der Waals surface area contributed by atoms with E-state index in [-0.39, 0.29) is 0 Å². The van der Waals surface area contributed by atoms with Crippen LogP contribution in [-0.2, 0) is 0 Å². The quantitative estimate of drug-likeness (QED) is 0.713. The zero-order chi connectivity index (χ0) is 11.8. The number of hydrogen-bond acceptors (Lipinski definition) is 2. The molecule has 0 saturated heterocycles. The van der Waals surface area contributed by atoms with Gasteiger partial charge >= 0.3 is 0 Å². The van der Waals surface area contributed by atoms with Crippen molar-refractivity contribution in [2.24, 2.45) is 0 Å². The van der Waals surface area contributed by atoms with Crippen LogP contribution in [0.1, 0.15) is 0 Å². The van der Waals surface area contributed by atoms with Gasteiger partial charge in [0.2, 0.25) is 0 Å². The second kappa shape index (κ2) is 3.79. The van der Waals surface area contributed by atoms with E-state index in [9.17, 15) is 0 Å². The van der Waals surface area contributed by atoms with Gasteiger partial charge in [0.25, 0.3) is 0 Å². The Morgan fingerprint density at radius 3 is 2.41 bits per heavy atom. The van der Waals surface area contributed by atoms with Crippen LogP contribution < -0.4 is 5.73 Å². The molecule has 0 aliphatic heterocycles. The van der Waals surface area contributed by atoms with Gasteiger partial charge in [-0.05, 0) is 36.4 Å². The molecule has 0 amide bonds. The molecular weight excluding hydrogens is 234 g/mol. The van der Waals surface area contributed by atoms with Crippen molar-refractivity contribution >= 4 is 28.3 Å². The summed E-state index contributed by atoms with van der Waals surface area (Å²) < 4.78 is 1.72. The number of hydrogen-bond donors (Lipinski definition) is 1. The third-order valence-electron chi connectivity index (χ3n) is 2.69. The molecular formula is C13H10ClN3. The van der Waals surface area contributed by atoms with Crippen LogP contribution in [0.15, 0.2) is 48.5 Å². The smallest absolute Gasteiger partial charge is 0.135 e. The number of fused-ring (bicyclic) bond motifs is 1. The second-order valence-corrected chi connectivity index (χ2v) is 4.23. The minimum absolute atomic E-state index is 0.642. The van der Waals surface area contributed by atoms with E-state index in [1.54, 1.807) is 4.68 Å². The van der Waals surface area contributed by atoms with Crippen LogP contribution in [0.3, 0.4) is 0 Å². The Hall–Kier alpha value is -2.00. The number of nitrogens with two attached hydrogens (primary N) is 1. The monoisotopic (exact) mass is 243 g/mol. The van der Waals surface area contributed by atoms with Crippen molar-refractivity contribution in [3.8, 4) is 5.69 Å². The molecule has 0 fully saturated rings. The van der Waals surface area contributed by atoms with E-state index in [0.717, 1.165) is 16.6 Å². The van der Waals surface area contributed by atoms with Crippen LogP contribution in [0.25, 0.3) is 16.6 Å². The highest BCUT2D eigenvalue weighted by molar-refractivity contribution is 6.30. The van der Waals surface area contributed by atoms with Crippen LogP contribution >= 0.6 is 11.6 Å². The van der Waals surface area contributed by atoms with Gasteiger partial charge in [-0.15, -0.1) is 0 Å². The van der Waals surface area contributed by atoms with Gasteiger partial charge in [0.15, 0.2) is 0 Å². The molecule has 0 bridgehead atoms. The van der Waals surface area contributed by atoms with E-state index < -0.39 is 0 Å². The van der Waals surface area contributed by atoms with E-state index >= 15 is 0 Å². The van der Waals surface area contributed by atoms with Gasteiger partial charge in [0.1, 0.15) is 5.82 Å². The first-order chi connectivity index (χ1) is 8.25. The fourth-order valence-electron chi connectivity index (χ4n) is 1.83. The molecule has 3 nitrogen and oxygen atoms in total. The van der Waals surface area contributed by atoms with Gasteiger partial charge < -0.3 is 5.73 Å². The lowest BCUT2D eigenvalue weighted by atomic mass is 10.2. The van der Waals surface area contributed by atoms with Gasteiger partial charge in [-0.25, -0.2) is 4.68 Å². The zero-order valence-electron chi connectivity index (χ0n) is 8.97. The summed E-state index contributed by atoms with van der Waals surface area (Å²) in [6.07, 6.45) is 0. The molecule has 3 aromatic rings. The van der Waals surface area contributed by atoms with Crippen molar-refractivity contribution in [2.45, 2.75) is 0 Å². The molecule has 0 unspecified atom stereocenters. The maximum atomic E-state index is 6.08. The molecule has 0 radical (unpaired) electrons. The van der Waals surface area contributed by atoms with Crippen LogP contribution in [-0.4, -0.2) is 9.78 Å². The number of anilines is 1. The normalized spacial score (nSPS) is 10.9. The lowest BCUT2D eigenvalue weighted by Crippen LogP contribution is -2.01. The lowest BCUT2D eigenvalue weighted by molar-refractivity contribution is 0.908. The van der Waals surface area contributed by atoms with Crippen molar-refractivity contribution in [2.75, 3.05) is 5.73 Å². The summed E-state index contributed by atoms with van der Waals surface area (Å²) in [5.74, 6) is 0.642. The Morgan fingerprint density at radius 1 is 1.00 bits per heavy atom. The van der Waals surface area contributed by atoms with E-state index in [1.165, 1.54) is 0 Å². The molecule has 0 aliphatic carbocycles. The summed E-state index contributed by atoms with van der Waals surface area (Å²) in [7, 11) is 0. The predicted molar refractivity (Wildman–Crippen MR) is 70.5 cm³/mol. The summed E-state index contributed by atoms with van der Waals surface area (Å²) in [5, 5.41) is 6.12. The van der Waals surface area contributed by atoms with Gasteiger partial charge in [-0.3, -0.25) is 0 Å². The number of benzene rings is 2. The first-order valence-corrected chi connectivity index (χ1v) is 5.63. The highest BCUT2D eigenvalue weighted by atomic mass is 35.5. The molecule has 2 N–H and O–H groups in total. The van der Waals surface area contributed by atoms with E-state index in [0.29, 0.717) is 10.8 Å². The van der Waals surface area contributed by atoms with Crippen LogP contribution in [0.5, 0.6) is 0 Å². The molecule has 3 rings (SSSR count). The molecule has 0 aliphatic rings. The van der Waals surface area contributed by atoms with Gasteiger partial charge in [-0.1, -0.05) is 23.7 Å². The minimum atomic E-state index is 0.642. The maximum absolute atomic E-state index is 6.08. The number of nitrogen functional groups attached to an aromatic ring is 1. The molecule has 17 heavy (non-hydrogen) atoms. The Kier molecular flexibility index (Phi) is 2.27. The molecule has 84 valence electrons. The summed E-state index contributed by atoms with van der Waals surface area (Å²) in [5.41, 5.74) is 7.87. The summed E-state index contributed by atoms with van der Waals surface area (Å²) >= 11 is 5.86. The average molecular weight is 244 g/mol. The van der Waals surface area contributed by atoms with E-state index in [4.69, 9.17) is 17.3 Å². The Bertz CT molecular complexity index is 671. The van der Waals surface area contributed by atoms with E-state index in [1.807, 2.05) is 48.5 Å². The second-order valence-electron chi connectivity index (χ2n) is 3.79. The van der Waals surface area contributed by atoms with Crippen LogP contribution in [0.2, 0.25) is 5.02 Å². The lowest BCUT2D eigenvalue weighted by Gasteiger charge is -2.03. The molecule has 0 saturated carbocycles. The van der Waals surface area contributed by atoms with Crippen LogP contribution in [0.4, 0.5) is 5.82 Å². The van der Waals surface area contributed by atoms with E-state index in [2.05, 4.69) is 5.10 Å². The largest absolute Gasteiger partial charge is 0.383 e. The molecule has 0 atom stereocenters. The molecule has 1 aromatic heterocycles. The van der Waals surface area contributed by atoms with Crippen LogP contribution in [0, 0.1) is 0 Å². The SMILES string of the molecule is Nc1c2ccccc2nn1-c1ccc(Cl)cc1. The summed E-state index contributed by atoms with van der Waals surface area (Å²) in [6.45, 7) is 0. The average Bonchev–Trinajstić information content (AvgIpc) is 2.69. The Balaban J connectivity index is 2.24. The predicted octanol–water partition coefficient (Wildman–Crippen LogP) is 3.26. The number of nitrogens with zero attached hydrogens (tertiary/aromatic N) is 2. The Labute approximate surface area is 103 Å². The number of halogens is 1. The van der Waals surface area contributed by atoms with Crippen molar-refractivity contribution in [3.63, 3.8) is 0 Å². The summed E-state index contributed by atoms with van der Waals surface area (Å²) in [4.78, 5) is 0. The number of aromatic nitrogens is 2. The third-order valence-corrected chi connectivity index (χ3v) is 2.94. The summed E-state index contributed by atoms with van der Waals surface area (Å²) in [6, 6.07) is 15.2. The topological polar surface area (TPSA) is 43.8 Å². The van der Waals surface area contributed by atoms with Gasteiger partial charge in [0, 0.05) is 10.4 Å². The molecule has 2 aromatic carbocycles. The molecule has 4 heteroatoms. The van der Waals surface area contributed by atoms with Crippen molar-refractivity contribution < 1.29 is 0 Å². The van der Waals surface area contributed by atoms with Gasteiger partial charge in [-0.2, -0.15) is 5.10 Å². The fourth-order valence-corrected chi connectivity index (χ4v) is 1.96. The first-order valence-electron chi connectivity index (χ1n) is 5.25. The molecule has 1 heterocycles. The van der Waals surface area contributed by atoms with Crippen molar-refractivity contribution in [1.29, 1.82) is 0 Å². The highest BCUT2D eigenvalue weighted by Crippen LogP contribution is 2.24. The Morgan fingerprint density at radius 2 is 1.71 bits per heavy atom. The molecule has 0 spiro atoms. The van der Waals surface area contributed by atoms with Gasteiger partial charge in [0.05, 0.1) is 11.2 Å². The fraction of sp³-hybridized carbons (Fsp3) is 0. The standard InChI is InChI=1S/C13H10ClN3/c14-9-5-7-10(8-6-9)17-13(15)11-3-1-2-4-12(11)16-17/h1-8H,15H2. The zero-order valence-corrected chi connectivity index (χ0v) is 9.72. The highest BCUT2D eigenvalue weighted by Gasteiger charge is 2.08. The minimum Gasteiger partial charge on any atom is -0.383 e. The third kappa shape index (κ3) is 1.65. The first kappa shape index (κ1) is 10.2.